The largest absolute Gasteiger partial charge is 0.361 e. The van der Waals surface area contributed by atoms with Crippen LogP contribution in [-0.4, -0.2) is 34.8 Å². The number of aromatic nitrogens is 3. The fourth-order valence-electron chi connectivity index (χ4n) is 2.26. The molecule has 0 bridgehead atoms. The highest BCUT2D eigenvalue weighted by Crippen LogP contribution is 2.15. The second-order valence-corrected chi connectivity index (χ2v) is 5.08. The Labute approximate surface area is 158 Å². The van der Waals surface area contributed by atoms with Gasteiger partial charge in [-0.1, -0.05) is 24.2 Å². The highest BCUT2D eigenvalue weighted by Gasteiger charge is 2.13. The second-order valence-electron chi connectivity index (χ2n) is 5.08. The maximum absolute atomic E-state index is 5.37. The maximum atomic E-state index is 5.37. The number of aliphatic imine (C=N–C) groups is 1. The number of rotatable bonds is 7. The molecule has 0 atom stereocenters. The third-order valence-corrected chi connectivity index (χ3v) is 3.46. The molecule has 2 rings (SSSR count). The number of nitrogens with zero attached hydrogens (tertiary/aromatic N) is 4. The van der Waals surface area contributed by atoms with Crippen LogP contribution >= 0.6 is 24.0 Å². The molecule has 0 aromatic carbocycles. The number of halogens is 1. The average molecular weight is 448 g/mol. The van der Waals surface area contributed by atoms with Crippen molar-refractivity contribution in [2.75, 3.05) is 13.6 Å². The van der Waals surface area contributed by atoms with E-state index in [2.05, 4.69) is 44.8 Å². The number of aryl methyl sites for hydroxylation is 3. The van der Waals surface area contributed by atoms with E-state index in [1.54, 1.807) is 14.0 Å². The van der Waals surface area contributed by atoms with Crippen molar-refractivity contribution >= 4 is 29.9 Å². The molecule has 0 aliphatic rings. The molecule has 2 heterocycles. The van der Waals surface area contributed by atoms with Crippen LogP contribution in [0.25, 0.3) is 0 Å². The van der Waals surface area contributed by atoms with E-state index in [1.165, 1.54) is 0 Å². The fourth-order valence-corrected chi connectivity index (χ4v) is 2.26. The van der Waals surface area contributed by atoms with Crippen LogP contribution in [0.2, 0.25) is 0 Å². The van der Waals surface area contributed by atoms with Crippen molar-refractivity contribution in [2.45, 2.75) is 46.6 Å². The van der Waals surface area contributed by atoms with Crippen molar-refractivity contribution in [1.82, 2.24) is 25.9 Å². The summed E-state index contributed by atoms with van der Waals surface area (Å²) in [6.07, 6.45) is 2.32. The molecule has 0 saturated carbocycles. The summed E-state index contributed by atoms with van der Waals surface area (Å²) < 4.78 is 10.4. The number of hydrogen-bond acceptors (Lipinski definition) is 6. The fraction of sp³-hybridized carbons (Fsp3) is 0.600. The molecule has 0 aliphatic heterocycles. The quantitative estimate of drug-likeness (QED) is 0.380. The van der Waals surface area contributed by atoms with Crippen molar-refractivity contribution in [3.8, 4) is 0 Å². The van der Waals surface area contributed by atoms with Crippen LogP contribution in [0.15, 0.2) is 14.0 Å². The van der Waals surface area contributed by atoms with E-state index in [0.717, 1.165) is 29.9 Å². The average Bonchev–Trinajstić information content (AvgIpc) is 3.16. The summed E-state index contributed by atoms with van der Waals surface area (Å²) in [5, 5.41) is 14.4. The van der Waals surface area contributed by atoms with Crippen LogP contribution in [0.5, 0.6) is 0 Å². The Balaban J connectivity index is 0.00000288. The molecule has 0 unspecified atom stereocenters. The minimum atomic E-state index is 0. The van der Waals surface area contributed by atoms with Gasteiger partial charge in [0.05, 0.1) is 5.69 Å². The molecule has 0 aliphatic carbocycles. The van der Waals surface area contributed by atoms with Crippen molar-refractivity contribution in [2.24, 2.45) is 4.99 Å². The summed E-state index contributed by atoms with van der Waals surface area (Å²) in [5.41, 5.74) is 2.11. The Kier molecular flexibility index (Phi) is 8.72. The van der Waals surface area contributed by atoms with Gasteiger partial charge in [-0.3, -0.25) is 4.99 Å². The van der Waals surface area contributed by atoms with E-state index >= 15 is 0 Å². The minimum Gasteiger partial charge on any atom is -0.361 e. The Bertz CT molecular complexity index is 631. The standard InChI is InChI=1S/C15H24N6O2.HI/c1-5-12-11(13(6-2)22-21-12)9-18-15(16-4)17-8-7-14-19-10(3)20-23-14;/h5-9H2,1-4H3,(H2,16,17,18);1H. The lowest BCUT2D eigenvalue weighted by Gasteiger charge is -2.11. The molecule has 24 heavy (non-hydrogen) atoms. The van der Waals surface area contributed by atoms with Crippen LogP contribution < -0.4 is 10.6 Å². The van der Waals surface area contributed by atoms with Gasteiger partial charge in [0.1, 0.15) is 5.76 Å². The summed E-state index contributed by atoms with van der Waals surface area (Å²) in [5.74, 6) is 2.90. The van der Waals surface area contributed by atoms with Gasteiger partial charge in [0, 0.05) is 38.5 Å². The van der Waals surface area contributed by atoms with Crippen LogP contribution in [0, 0.1) is 6.92 Å². The third kappa shape index (κ3) is 5.46. The molecule has 0 spiro atoms. The molecule has 0 radical (unpaired) electrons. The minimum absolute atomic E-state index is 0. The lowest BCUT2D eigenvalue weighted by molar-refractivity contribution is 0.374. The molecule has 2 N–H and O–H groups in total. The van der Waals surface area contributed by atoms with E-state index in [1.807, 2.05) is 0 Å². The van der Waals surface area contributed by atoms with Gasteiger partial charge in [-0.15, -0.1) is 24.0 Å². The topological polar surface area (TPSA) is 101 Å². The van der Waals surface area contributed by atoms with Gasteiger partial charge in [-0.2, -0.15) is 4.98 Å². The Morgan fingerprint density at radius 2 is 1.92 bits per heavy atom. The summed E-state index contributed by atoms with van der Waals surface area (Å²) in [4.78, 5) is 8.38. The predicted molar refractivity (Wildman–Crippen MR) is 102 cm³/mol. The van der Waals surface area contributed by atoms with Gasteiger partial charge < -0.3 is 19.7 Å². The van der Waals surface area contributed by atoms with E-state index in [4.69, 9.17) is 9.05 Å². The molecule has 0 amide bonds. The Hall–Kier alpha value is -1.65. The highest BCUT2D eigenvalue weighted by atomic mass is 127. The monoisotopic (exact) mass is 448 g/mol. The van der Waals surface area contributed by atoms with E-state index in [9.17, 15) is 0 Å². The smallest absolute Gasteiger partial charge is 0.228 e. The molecular weight excluding hydrogens is 423 g/mol. The van der Waals surface area contributed by atoms with Crippen molar-refractivity contribution < 1.29 is 9.05 Å². The van der Waals surface area contributed by atoms with E-state index < -0.39 is 0 Å². The highest BCUT2D eigenvalue weighted by molar-refractivity contribution is 14.0. The lowest BCUT2D eigenvalue weighted by Crippen LogP contribution is -2.38. The summed E-state index contributed by atoms with van der Waals surface area (Å²) in [6.45, 7) is 7.22. The number of guanidine groups is 1. The zero-order valence-electron chi connectivity index (χ0n) is 14.5. The molecule has 9 heteroatoms. The second kappa shape index (κ2) is 10.3. The molecule has 2 aromatic heterocycles. The number of nitrogens with one attached hydrogen (secondary N) is 2. The Morgan fingerprint density at radius 1 is 1.12 bits per heavy atom. The van der Waals surface area contributed by atoms with Gasteiger partial charge in [0.25, 0.3) is 0 Å². The molecule has 2 aromatic rings. The van der Waals surface area contributed by atoms with Crippen molar-refractivity contribution in [3.05, 3.63) is 28.7 Å². The van der Waals surface area contributed by atoms with Crippen LogP contribution in [0.1, 0.15) is 42.6 Å². The summed E-state index contributed by atoms with van der Waals surface area (Å²) >= 11 is 0. The van der Waals surface area contributed by atoms with Crippen molar-refractivity contribution in [3.63, 3.8) is 0 Å². The van der Waals surface area contributed by atoms with Gasteiger partial charge in [-0.25, -0.2) is 0 Å². The van der Waals surface area contributed by atoms with Gasteiger partial charge in [0.15, 0.2) is 11.8 Å². The Morgan fingerprint density at radius 3 is 2.50 bits per heavy atom. The first-order chi connectivity index (χ1) is 11.2. The molecular formula is C15H25IN6O2. The van der Waals surface area contributed by atoms with E-state index in [-0.39, 0.29) is 24.0 Å². The summed E-state index contributed by atoms with van der Waals surface area (Å²) in [7, 11) is 1.74. The maximum Gasteiger partial charge on any atom is 0.228 e. The normalized spacial score (nSPS) is 11.2. The molecule has 8 nitrogen and oxygen atoms in total. The van der Waals surface area contributed by atoms with Crippen molar-refractivity contribution in [1.29, 1.82) is 0 Å². The molecule has 0 saturated heterocycles. The molecule has 0 fully saturated rings. The SMILES string of the molecule is CCc1noc(CC)c1CNC(=NC)NCCc1nc(C)no1.I. The van der Waals surface area contributed by atoms with E-state index in [0.29, 0.717) is 37.2 Å². The lowest BCUT2D eigenvalue weighted by atomic mass is 10.1. The first-order valence-electron chi connectivity index (χ1n) is 7.87. The zero-order chi connectivity index (χ0) is 16.7. The summed E-state index contributed by atoms with van der Waals surface area (Å²) in [6, 6.07) is 0. The van der Waals surface area contributed by atoms with Gasteiger partial charge >= 0.3 is 0 Å². The number of hydrogen-bond donors (Lipinski definition) is 2. The first-order valence-corrected chi connectivity index (χ1v) is 7.87. The third-order valence-electron chi connectivity index (χ3n) is 3.46. The van der Waals surface area contributed by atoms with Gasteiger partial charge in [0.2, 0.25) is 5.89 Å². The zero-order valence-corrected chi connectivity index (χ0v) is 16.9. The van der Waals surface area contributed by atoms with Crippen LogP contribution in [0.3, 0.4) is 0 Å². The predicted octanol–water partition coefficient (Wildman–Crippen LogP) is 2.02. The van der Waals surface area contributed by atoms with Crippen LogP contribution in [0.4, 0.5) is 0 Å². The first kappa shape index (κ1) is 20.4. The van der Waals surface area contributed by atoms with Gasteiger partial charge in [-0.05, 0) is 13.3 Å². The van der Waals surface area contributed by atoms with Crippen LogP contribution in [-0.2, 0) is 25.8 Å². The molecule has 134 valence electrons.